The molecule has 0 radical (unpaired) electrons. The van der Waals surface area contributed by atoms with E-state index in [0.29, 0.717) is 12.1 Å². The van der Waals surface area contributed by atoms with Crippen LogP contribution in [-0.2, 0) is 0 Å². The number of nitrogens with zero attached hydrogens (tertiary/aromatic N) is 2. The number of rotatable bonds is 2. The minimum Gasteiger partial charge on any atom is -0.450 e. The van der Waals surface area contributed by atoms with Gasteiger partial charge in [-0.15, -0.1) is 0 Å². The Bertz CT molecular complexity index is 233. The molecule has 0 saturated heterocycles. The van der Waals surface area contributed by atoms with E-state index in [4.69, 9.17) is 15.0 Å². The van der Waals surface area contributed by atoms with Crippen molar-refractivity contribution >= 4 is 6.16 Å². The van der Waals surface area contributed by atoms with E-state index in [1.54, 1.807) is 0 Å². The molecule has 5 nitrogen and oxygen atoms in total. The molecule has 2 aliphatic carbocycles. The lowest BCUT2D eigenvalue weighted by molar-refractivity contribution is 0.137. The lowest BCUT2D eigenvalue weighted by Gasteiger charge is -2.19. The summed E-state index contributed by atoms with van der Waals surface area (Å²) in [6.07, 6.45) is 11.6. The molecule has 0 amide bonds. The van der Waals surface area contributed by atoms with E-state index in [0.717, 1.165) is 0 Å². The summed E-state index contributed by atoms with van der Waals surface area (Å²) in [5, 5.41) is 23.0. The Morgan fingerprint density at radius 1 is 0.722 bits per heavy atom. The second kappa shape index (κ2) is 8.89. The fourth-order valence-electron chi connectivity index (χ4n) is 2.58. The van der Waals surface area contributed by atoms with Crippen molar-refractivity contribution in [3.63, 3.8) is 0 Å². The van der Waals surface area contributed by atoms with Crippen molar-refractivity contribution in [1.82, 2.24) is 0 Å². The maximum absolute atomic E-state index is 8.56. The molecule has 2 rings (SSSR count). The van der Waals surface area contributed by atoms with Crippen LogP contribution in [0.5, 0.6) is 0 Å². The molecule has 0 aliphatic heterocycles. The van der Waals surface area contributed by atoms with Gasteiger partial charge in [0.25, 0.3) is 0 Å². The van der Waals surface area contributed by atoms with E-state index in [-0.39, 0.29) is 0 Å². The Morgan fingerprint density at radius 2 is 1.00 bits per heavy atom. The SMILES string of the molecule is C1CCC(N=NC2CCCCC2)CC1.O=C(O)O. The van der Waals surface area contributed by atoms with E-state index in [1.165, 1.54) is 64.2 Å². The monoisotopic (exact) mass is 256 g/mol. The lowest BCUT2D eigenvalue weighted by atomic mass is 9.95. The first-order valence-corrected chi connectivity index (χ1v) is 7.00. The zero-order chi connectivity index (χ0) is 13.2. The molecule has 0 heterocycles. The van der Waals surface area contributed by atoms with Gasteiger partial charge in [-0.1, -0.05) is 38.5 Å². The predicted octanol–water partition coefficient (Wildman–Crippen LogP) is 4.33. The highest BCUT2D eigenvalue weighted by Gasteiger charge is 2.15. The summed E-state index contributed by atoms with van der Waals surface area (Å²) >= 11 is 0. The second-order valence-corrected chi connectivity index (χ2v) is 5.10. The minimum absolute atomic E-state index is 0.575. The van der Waals surface area contributed by atoms with E-state index in [2.05, 4.69) is 10.2 Å². The van der Waals surface area contributed by atoms with Crippen molar-refractivity contribution < 1.29 is 15.0 Å². The van der Waals surface area contributed by atoms with Crippen LogP contribution in [0.4, 0.5) is 4.79 Å². The third-order valence-corrected chi connectivity index (χ3v) is 3.54. The highest BCUT2D eigenvalue weighted by Crippen LogP contribution is 2.24. The van der Waals surface area contributed by atoms with Gasteiger partial charge in [0.05, 0.1) is 12.1 Å². The first-order valence-electron chi connectivity index (χ1n) is 7.00. The van der Waals surface area contributed by atoms with Gasteiger partial charge < -0.3 is 10.2 Å². The highest BCUT2D eigenvalue weighted by molar-refractivity contribution is 5.53. The van der Waals surface area contributed by atoms with Crippen LogP contribution in [0.15, 0.2) is 10.2 Å². The van der Waals surface area contributed by atoms with Gasteiger partial charge in [0.1, 0.15) is 0 Å². The molecule has 2 fully saturated rings. The normalized spacial score (nSPS) is 22.4. The summed E-state index contributed by atoms with van der Waals surface area (Å²) in [7, 11) is 0. The van der Waals surface area contributed by atoms with Crippen molar-refractivity contribution in [2.45, 2.75) is 76.3 Å². The van der Waals surface area contributed by atoms with Crippen LogP contribution in [0.25, 0.3) is 0 Å². The average Bonchev–Trinajstić information content (AvgIpc) is 2.38. The molecule has 2 aliphatic rings. The summed E-state index contributed by atoms with van der Waals surface area (Å²) in [6.45, 7) is 0. The summed E-state index contributed by atoms with van der Waals surface area (Å²) in [5.74, 6) is 0. The maximum atomic E-state index is 8.56. The van der Waals surface area contributed by atoms with Gasteiger partial charge in [0, 0.05) is 0 Å². The van der Waals surface area contributed by atoms with Gasteiger partial charge in [-0.2, -0.15) is 10.2 Å². The van der Waals surface area contributed by atoms with Crippen molar-refractivity contribution in [3.8, 4) is 0 Å². The first-order chi connectivity index (χ1) is 8.68. The summed E-state index contributed by atoms with van der Waals surface area (Å²) in [6, 6.07) is 1.15. The lowest BCUT2D eigenvalue weighted by Crippen LogP contribution is -2.12. The Labute approximate surface area is 108 Å². The van der Waals surface area contributed by atoms with Crippen LogP contribution in [0.3, 0.4) is 0 Å². The number of azo groups is 1. The van der Waals surface area contributed by atoms with Gasteiger partial charge in [-0.05, 0) is 25.7 Å². The summed E-state index contributed by atoms with van der Waals surface area (Å²) in [4.78, 5) is 8.56. The molecular weight excluding hydrogens is 232 g/mol. The van der Waals surface area contributed by atoms with Gasteiger partial charge in [-0.3, -0.25) is 0 Å². The molecule has 104 valence electrons. The van der Waals surface area contributed by atoms with Crippen LogP contribution in [0.1, 0.15) is 64.2 Å². The van der Waals surface area contributed by atoms with Crippen LogP contribution < -0.4 is 0 Å². The topological polar surface area (TPSA) is 82.2 Å². The van der Waals surface area contributed by atoms with E-state index in [1.807, 2.05) is 0 Å². The van der Waals surface area contributed by atoms with Crippen LogP contribution in [0.2, 0.25) is 0 Å². The van der Waals surface area contributed by atoms with E-state index in [9.17, 15) is 0 Å². The standard InChI is InChI=1S/C12H22N2.CH2O3/c1-3-7-11(8-4-1)13-14-12-9-5-2-6-10-12;2-1(3)4/h11-12H,1-10H2;(H2,2,3,4). The Balaban J connectivity index is 0.000000357. The van der Waals surface area contributed by atoms with Gasteiger partial charge in [0.15, 0.2) is 0 Å². The van der Waals surface area contributed by atoms with Gasteiger partial charge in [0.2, 0.25) is 0 Å². The number of hydrogen-bond acceptors (Lipinski definition) is 3. The van der Waals surface area contributed by atoms with E-state index >= 15 is 0 Å². The largest absolute Gasteiger partial charge is 0.503 e. The zero-order valence-corrected chi connectivity index (χ0v) is 10.9. The Morgan fingerprint density at radius 3 is 1.28 bits per heavy atom. The maximum Gasteiger partial charge on any atom is 0.503 e. The number of carboxylic acid groups (broad SMARTS) is 2. The third kappa shape index (κ3) is 7.25. The molecule has 5 heteroatoms. The third-order valence-electron chi connectivity index (χ3n) is 3.54. The summed E-state index contributed by atoms with van der Waals surface area (Å²) in [5.41, 5.74) is 0. The second-order valence-electron chi connectivity index (χ2n) is 5.10. The molecule has 0 aromatic heterocycles. The average molecular weight is 256 g/mol. The van der Waals surface area contributed by atoms with Gasteiger partial charge in [-0.25, -0.2) is 4.79 Å². The fraction of sp³-hybridized carbons (Fsp3) is 0.923. The Hall–Kier alpha value is -1.13. The van der Waals surface area contributed by atoms with Crippen molar-refractivity contribution in [2.75, 3.05) is 0 Å². The van der Waals surface area contributed by atoms with Crippen molar-refractivity contribution in [1.29, 1.82) is 0 Å². The molecular formula is C13H24N2O3. The first kappa shape index (κ1) is 14.9. The quantitative estimate of drug-likeness (QED) is 0.721. The molecule has 0 bridgehead atoms. The van der Waals surface area contributed by atoms with Gasteiger partial charge >= 0.3 is 6.16 Å². The number of carbonyl (C=O) groups is 1. The van der Waals surface area contributed by atoms with Crippen LogP contribution >= 0.6 is 0 Å². The molecule has 0 aromatic carbocycles. The minimum atomic E-state index is -1.83. The molecule has 0 atom stereocenters. The van der Waals surface area contributed by atoms with Crippen molar-refractivity contribution in [3.05, 3.63) is 0 Å². The molecule has 2 N–H and O–H groups in total. The van der Waals surface area contributed by atoms with Crippen molar-refractivity contribution in [2.24, 2.45) is 10.2 Å². The van der Waals surface area contributed by atoms with Crippen LogP contribution in [0, 0.1) is 0 Å². The van der Waals surface area contributed by atoms with E-state index < -0.39 is 6.16 Å². The molecule has 2 saturated carbocycles. The smallest absolute Gasteiger partial charge is 0.450 e. The summed E-state index contributed by atoms with van der Waals surface area (Å²) < 4.78 is 0. The molecule has 18 heavy (non-hydrogen) atoms. The molecule has 0 aromatic rings. The highest BCUT2D eigenvalue weighted by atomic mass is 16.6. The molecule has 0 spiro atoms. The number of hydrogen-bond donors (Lipinski definition) is 2. The molecule has 0 unspecified atom stereocenters. The Kier molecular flexibility index (Phi) is 7.37. The van der Waals surface area contributed by atoms with Crippen LogP contribution in [-0.4, -0.2) is 28.5 Å². The zero-order valence-electron chi connectivity index (χ0n) is 10.9. The fourth-order valence-corrected chi connectivity index (χ4v) is 2.58. The predicted molar refractivity (Wildman–Crippen MR) is 69.3 cm³/mol.